The van der Waals surface area contributed by atoms with Gasteiger partial charge < -0.3 is 15.7 Å². The maximum absolute atomic E-state index is 11.1. The zero-order chi connectivity index (χ0) is 13.5. The molecule has 0 saturated carbocycles. The number of benzene rings is 1. The Hall–Kier alpha value is -2.40. The molecule has 0 aliphatic heterocycles. The first-order valence-electron chi connectivity index (χ1n) is 5.91. The van der Waals surface area contributed by atoms with Gasteiger partial charge in [0.2, 0.25) is 5.91 Å². The van der Waals surface area contributed by atoms with Gasteiger partial charge in [0, 0.05) is 30.3 Å². The predicted octanol–water partition coefficient (Wildman–Crippen LogP) is 1.62. The van der Waals surface area contributed by atoms with Gasteiger partial charge in [-0.25, -0.2) is 0 Å². The zero-order valence-electron chi connectivity index (χ0n) is 10.3. The number of rotatable bonds is 5. The van der Waals surface area contributed by atoms with Crippen molar-refractivity contribution in [3.8, 4) is 0 Å². The van der Waals surface area contributed by atoms with Crippen LogP contribution in [0.25, 0.3) is 0 Å². The van der Waals surface area contributed by atoms with Gasteiger partial charge in [0.25, 0.3) is 0 Å². The number of anilines is 2. The first kappa shape index (κ1) is 13.0. The molecule has 3 N–H and O–H groups in total. The van der Waals surface area contributed by atoms with Gasteiger partial charge in [0.1, 0.15) is 6.61 Å². The third-order valence-corrected chi connectivity index (χ3v) is 2.54. The van der Waals surface area contributed by atoms with Crippen LogP contribution in [0, 0.1) is 0 Å². The summed E-state index contributed by atoms with van der Waals surface area (Å²) in [5.74, 6) is -0.425. The Morgan fingerprint density at radius 2 is 1.89 bits per heavy atom. The lowest BCUT2D eigenvalue weighted by Gasteiger charge is -2.09. The highest BCUT2D eigenvalue weighted by molar-refractivity contribution is 5.91. The summed E-state index contributed by atoms with van der Waals surface area (Å²) >= 11 is 0. The number of aliphatic hydroxyl groups excluding tert-OH is 1. The van der Waals surface area contributed by atoms with Gasteiger partial charge in [-0.1, -0.05) is 6.07 Å². The summed E-state index contributed by atoms with van der Waals surface area (Å²) < 4.78 is 0. The second kappa shape index (κ2) is 6.51. The monoisotopic (exact) mass is 257 g/mol. The van der Waals surface area contributed by atoms with Gasteiger partial charge in [-0.3, -0.25) is 9.78 Å². The minimum atomic E-state index is -0.519. The molecule has 0 aliphatic carbocycles. The molecule has 19 heavy (non-hydrogen) atoms. The van der Waals surface area contributed by atoms with Crippen LogP contribution in [-0.2, 0) is 11.3 Å². The first-order valence-corrected chi connectivity index (χ1v) is 5.91. The summed E-state index contributed by atoms with van der Waals surface area (Å²) in [6, 6.07) is 11.2. The molecule has 0 unspecified atom stereocenters. The topological polar surface area (TPSA) is 74.2 Å². The number of hydrogen-bond donors (Lipinski definition) is 3. The standard InChI is InChI=1S/C14H15N3O2/c18-10-14(19)17-13-3-1-2-12(8-13)16-9-11-4-6-15-7-5-11/h1-8,16,18H,9-10H2,(H,17,19). The molecule has 5 heteroatoms. The van der Waals surface area contributed by atoms with Crippen LogP contribution in [0.4, 0.5) is 11.4 Å². The molecule has 1 heterocycles. The summed E-state index contributed by atoms with van der Waals surface area (Å²) in [7, 11) is 0. The number of carbonyl (C=O) groups is 1. The van der Waals surface area contributed by atoms with Crippen LogP contribution < -0.4 is 10.6 Å². The summed E-state index contributed by atoms with van der Waals surface area (Å²) in [5, 5.41) is 14.5. The number of pyridine rings is 1. The lowest BCUT2D eigenvalue weighted by Crippen LogP contribution is -2.15. The van der Waals surface area contributed by atoms with Gasteiger partial charge in [0.05, 0.1) is 0 Å². The molecular formula is C14H15N3O2. The van der Waals surface area contributed by atoms with E-state index in [1.165, 1.54) is 0 Å². The van der Waals surface area contributed by atoms with Crippen LogP contribution in [0.2, 0.25) is 0 Å². The maximum atomic E-state index is 11.1. The third kappa shape index (κ3) is 4.08. The molecule has 2 rings (SSSR count). The highest BCUT2D eigenvalue weighted by atomic mass is 16.3. The van der Waals surface area contributed by atoms with Gasteiger partial charge >= 0.3 is 0 Å². The molecule has 5 nitrogen and oxygen atoms in total. The Morgan fingerprint density at radius 3 is 2.63 bits per heavy atom. The molecule has 0 fully saturated rings. The largest absolute Gasteiger partial charge is 0.387 e. The van der Waals surface area contributed by atoms with Crippen molar-refractivity contribution in [2.75, 3.05) is 17.2 Å². The molecule has 1 aromatic heterocycles. The fraction of sp³-hybridized carbons (Fsp3) is 0.143. The van der Waals surface area contributed by atoms with Crippen molar-refractivity contribution in [1.82, 2.24) is 4.98 Å². The van der Waals surface area contributed by atoms with E-state index in [0.29, 0.717) is 12.2 Å². The molecule has 0 spiro atoms. The quantitative estimate of drug-likeness (QED) is 0.761. The van der Waals surface area contributed by atoms with Crippen LogP contribution in [0.5, 0.6) is 0 Å². The molecular weight excluding hydrogens is 242 g/mol. The average Bonchev–Trinajstić information content (AvgIpc) is 2.46. The second-order valence-electron chi connectivity index (χ2n) is 4.00. The van der Waals surface area contributed by atoms with Crippen LogP contribution >= 0.6 is 0 Å². The summed E-state index contributed by atoms with van der Waals surface area (Å²) in [5.41, 5.74) is 2.67. The van der Waals surface area contributed by atoms with E-state index in [0.717, 1.165) is 11.3 Å². The lowest BCUT2D eigenvalue weighted by atomic mass is 10.2. The molecule has 98 valence electrons. The van der Waals surface area contributed by atoms with E-state index < -0.39 is 12.5 Å². The van der Waals surface area contributed by atoms with E-state index in [9.17, 15) is 4.79 Å². The predicted molar refractivity (Wildman–Crippen MR) is 73.7 cm³/mol. The molecule has 0 saturated heterocycles. The number of aromatic nitrogens is 1. The molecule has 1 aromatic carbocycles. The Labute approximate surface area is 111 Å². The smallest absolute Gasteiger partial charge is 0.250 e. The van der Waals surface area contributed by atoms with Crippen LogP contribution in [0.3, 0.4) is 0 Å². The maximum Gasteiger partial charge on any atom is 0.250 e. The molecule has 2 aromatic rings. The SMILES string of the molecule is O=C(CO)Nc1cccc(NCc2ccncc2)c1. The Bertz CT molecular complexity index is 543. The summed E-state index contributed by atoms with van der Waals surface area (Å²) in [4.78, 5) is 15.0. The molecule has 0 bridgehead atoms. The highest BCUT2D eigenvalue weighted by Gasteiger charge is 2.00. The van der Waals surface area contributed by atoms with Crippen LogP contribution in [0.15, 0.2) is 48.8 Å². The molecule has 1 amide bonds. The Balaban J connectivity index is 1.97. The minimum absolute atomic E-state index is 0.425. The van der Waals surface area contributed by atoms with Crippen molar-refractivity contribution in [1.29, 1.82) is 0 Å². The van der Waals surface area contributed by atoms with Crippen molar-refractivity contribution in [3.63, 3.8) is 0 Å². The van der Waals surface area contributed by atoms with E-state index in [2.05, 4.69) is 15.6 Å². The second-order valence-corrected chi connectivity index (χ2v) is 4.00. The van der Waals surface area contributed by atoms with Crippen molar-refractivity contribution < 1.29 is 9.90 Å². The lowest BCUT2D eigenvalue weighted by molar-refractivity contribution is -0.118. The Kier molecular flexibility index (Phi) is 4.47. The van der Waals surface area contributed by atoms with Gasteiger partial charge in [-0.15, -0.1) is 0 Å². The highest BCUT2D eigenvalue weighted by Crippen LogP contribution is 2.15. The number of nitrogens with one attached hydrogen (secondary N) is 2. The molecule has 0 aliphatic rings. The number of amides is 1. The van der Waals surface area contributed by atoms with E-state index in [1.807, 2.05) is 30.3 Å². The zero-order valence-corrected chi connectivity index (χ0v) is 10.3. The first-order chi connectivity index (χ1) is 9.28. The van der Waals surface area contributed by atoms with Crippen LogP contribution in [0.1, 0.15) is 5.56 Å². The van der Waals surface area contributed by atoms with E-state index in [1.54, 1.807) is 18.5 Å². The van der Waals surface area contributed by atoms with Crippen molar-refractivity contribution in [2.24, 2.45) is 0 Å². The van der Waals surface area contributed by atoms with Gasteiger partial charge in [-0.2, -0.15) is 0 Å². The van der Waals surface area contributed by atoms with Crippen molar-refractivity contribution >= 4 is 17.3 Å². The number of nitrogens with zero attached hydrogens (tertiary/aromatic N) is 1. The van der Waals surface area contributed by atoms with E-state index >= 15 is 0 Å². The van der Waals surface area contributed by atoms with Gasteiger partial charge in [0.15, 0.2) is 0 Å². The molecule has 0 atom stereocenters. The average molecular weight is 257 g/mol. The van der Waals surface area contributed by atoms with Crippen molar-refractivity contribution in [2.45, 2.75) is 6.54 Å². The summed E-state index contributed by atoms with van der Waals surface area (Å²) in [6.07, 6.45) is 3.49. The van der Waals surface area contributed by atoms with E-state index in [4.69, 9.17) is 5.11 Å². The third-order valence-electron chi connectivity index (χ3n) is 2.54. The normalized spacial score (nSPS) is 9.95. The van der Waals surface area contributed by atoms with Crippen LogP contribution in [-0.4, -0.2) is 22.6 Å². The van der Waals surface area contributed by atoms with Gasteiger partial charge in [-0.05, 0) is 35.9 Å². The summed E-state index contributed by atoms with van der Waals surface area (Å²) in [6.45, 7) is 0.161. The number of carbonyl (C=O) groups excluding carboxylic acids is 1. The fourth-order valence-corrected chi connectivity index (χ4v) is 1.61. The molecule has 0 radical (unpaired) electrons. The van der Waals surface area contributed by atoms with Crippen molar-refractivity contribution in [3.05, 3.63) is 54.4 Å². The van der Waals surface area contributed by atoms with E-state index in [-0.39, 0.29) is 0 Å². The number of aliphatic hydroxyl groups is 1. The Morgan fingerprint density at radius 1 is 1.16 bits per heavy atom. The minimum Gasteiger partial charge on any atom is -0.387 e. The number of hydrogen-bond acceptors (Lipinski definition) is 4. The fourth-order valence-electron chi connectivity index (χ4n) is 1.61.